The molecule has 1 rings (SSSR count). The van der Waals surface area contributed by atoms with Crippen molar-refractivity contribution in [2.75, 3.05) is 13.2 Å². The molecule has 3 nitrogen and oxygen atoms in total. The molecule has 3 heteroatoms. The summed E-state index contributed by atoms with van der Waals surface area (Å²) in [5, 5.41) is 2.72. The standard InChI is InChI=1S/C15H21NO2/c1-11(2)9-16-15(17)10-18-14-7-5-13(6-8-14)12(3)4/h5-8,12H,1,9-10H2,2-4H3,(H,16,17). The van der Waals surface area contributed by atoms with Gasteiger partial charge in [0.2, 0.25) is 0 Å². The Labute approximate surface area is 109 Å². The molecular weight excluding hydrogens is 226 g/mol. The number of hydrogen-bond acceptors (Lipinski definition) is 2. The van der Waals surface area contributed by atoms with Gasteiger partial charge in [-0.25, -0.2) is 0 Å². The normalized spacial score (nSPS) is 10.2. The maximum Gasteiger partial charge on any atom is 0.258 e. The largest absolute Gasteiger partial charge is 0.484 e. The van der Waals surface area contributed by atoms with Crippen molar-refractivity contribution in [1.82, 2.24) is 5.32 Å². The summed E-state index contributed by atoms with van der Waals surface area (Å²) in [4.78, 5) is 11.4. The highest BCUT2D eigenvalue weighted by molar-refractivity contribution is 5.77. The van der Waals surface area contributed by atoms with Crippen molar-refractivity contribution in [3.63, 3.8) is 0 Å². The molecule has 98 valence electrons. The van der Waals surface area contributed by atoms with E-state index in [1.807, 2.05) is 31.2 Å². The minimum atomic E-state index is -0.133. The lowest BCUT2D eigenvalue weighted by Crippen LogP contribution is -2.29. The second-order valence-electron chi connectivity index (χ2n) is 4.75. The molecule has 0 aliphatic carbocycles. The molecule has 0 saturated heterocycles. The summed E-state index contributed by atoms with van der Waals surface area (Å²) in [7, 11) is 0. The van der Waals surface area contributed by atoms with Crippen LogP contribution in [0.15, 0.2) is 36.4 Å². The van der Waals surface area contributed by atoms with Crippen LogP contribution in [0.1, 0.15) is 32.3 Å². The molecule has 0 spiro atoms. The summed E-state index contributed by atoms with van der Waals surface area (Å²) in [6.45, 7) is 10.4. The molecule has 0 heterocycles. The van der Waals surface area contributed by atoms with Crippen molar-refractivity contribution in [3.8, 4) is 5.75 Å². The molecule has 0 unspecified atom stereocenters. The van der Waals surface area contributed by atoms with Crippen LogP contribution in [0.25, 0.3) is 0 Å². The molecule has 18 heavy (non-hydrogen) atoms. The molecule has 0 bridgehead atoms. The first-order valence-electron chi connectivity index (χ1n) is 6.13. The summed E-state index contributed by atoms with van der Waals surface area (Å²) in [5.41, 5.74) is 2.18. The van der Waals surface area contributed by atoms with Crippen LogP contribution in [0, 0.1) is 0 Å². The van der Waals surface area contributed by atoms with Crippen molar-refractivity contribution >= 4 is 5.91 Å². The summed E-state index contributed by atoms with van der Waals surface area (Å²) in [6.07, 6.45) is 0. The van der Waals surface area contributed by atoms with Gasteiger partial charge in [0.1, 0.15) is 5.75 Å². The zero-order valence-corrected chi connectivity index (χ0v) is 11.3. The smallest absolute Gasteiger partial charge is 0.258 e. The van der Waals surface area contributed by atoms with Crippen LogP contribution in [-0.2, 0) is 4.79 Å². The lowest BCUT2D eigenvalue weighted by molar-refractivity contribution is -0.122. The van der Waals surface area contributed by atoms with Crippen molar-refractivity contribution < 1.29 is 9.53 Å². The van der Waals surface area contributed by atoms with Gasteiger partial charge in [-0.1, -0.05) is 38.1 Å². The minimum Gasteiger partial charge on any atom is -0.484 e. The predicted octanol–water partition coefficient (Wildman–Crippen LogP) is 2.88. The predicted molar refractivity (Wildman–Crippen MR) is 73.8 cm³/mol. The molecule has 0 aliphatic rings. The Kier molecular flexibility index (Phi) is 5.43. The number of rotatable bonds is 6. The molecule has 0 atom stereocenters. The van der Waals surface area contributed by atoms with Gasteiger partial charge in [0, 0.05) is 6.54 Å². The van der Waals surface area contributed by atoms with Crippen molar-refractivity contribution in [1.29, 1.82) is 0 Å². The second-order valence-corrected chi connectivity index (χ2v) is 4.75. The fourth-order valence-electron chi connectivity index (χ4n) is 1.40. The van der Waals surface area contributed by atoms with Crippen LogP contribution < -0.4 is 10.1 Å². The zero-order chi connectivity index (χ0) is 13.5. The van der Waals surface area contributed by atoms with E-state index >= 15 is 0 Å². The number of carbonyl (C=O) groups excluding carboxylic acids is 1. The van der Waals surface area contributed by atoms with Gasteiger partial charge in [-0.05, 0) is 30.5 Å². The van der Waals surface area contributed by atoms with Gasteiger partial charge in [-0.15, -0.1) is 0 Å². The molecule has 1 aromatic carbocycles. The monoisotopic (exact) mass is 247 g/mol. The van der Waals surface area contributed by atoms with Crippen LogP contribution in [0.5, 0.6) is 5.75 Å². The van der Waals surface area contributed by atoms with Gasteiger partial charge in [0.15, 0.2) is 6.61 Å². The fourth-order valence-corrected chi connectivity index (χ4v) is 1.40. The maximum absolute atomic E-state index is 11.4. The number of benzene rings is 1. The molecule has 0 aromatic heterocycles. The third kappa shape index (κ3) is 5.04. The number of ether oxygens (including phenoxy) is 1. The number of nitrogens with one attached hydrogen (secondary N) is 1. The average molecular weight is 247 g/mol. The SMILES string of the molecule is C=C(C)CNC(=O)COc1ccc(C(C)C)cc1. The quantitative estimate of drug-likeness (QED) is 0.785. The highest BCUT2D eigenvalue weighted by Crippen LogP contribution is 2.18. The first-order chi connectivity index (χ1) is 8.49. The van der Waals surface area contributed by atoms with E-state index in [0.29, 0.717) is 18.2 Å². The van der Waals surface area contributed by atoms with E-state index in [9.17, 15) is 4.79 Å². The summed E-state index contributed by atoms with van der Waals surface area (Å²) in [6, 6.07) is 7.82. The first-order valence-corrected chi connectivity index (χ1v) is 6.13. The topological polar surface area (TPSA) is 38.3 Å². The molecule has 0 fully saturated rings. The molecule has 0 aliphatic heterocycles. The fraction of sp³-hybridized carbons (Fsp3) is 0.400. The van der Waals surface area contributed by atoms with Gasteiger partial charge in [0.25, 0.3) is 5.91 Å². The Bertz CT molecular complexity index is 407. The molecular formula is C15H21NO2. The highest BCUT2D eigenvalue weighted by atomic mass is 16.5. The van der Waals surface area contributed by atoms with Crippen LogP contribution >= 0.6 is 0 Å². The number of amides is 1. The number of hydrogen-bond donors (Lipinski definition) is 1. The highest BCUT2D eigenvalue weighted by Gasteiger charge is 2.03. The van der Waals surface area contributed by atoms with E-state index in [2.05, 4.69) is 25.7 Å². The van der Waals surface area contributed by atoms with E-state index < -0.39 is 0 Å². The molecule has 1 aromatic rings. The number of carbonyl (C=O) groups is 1. The minimum absolute atomic E-state index is 0.0360. The summed E-state index contributed by atoms with van der Waals surface area (Å²) in [5.74, 6) is 1.08. The van der Waals surface area contributed by atoms with Gasteiger partial charge in [-0.3, -0.25) is 4.79 Å². The molecule has 0 radical (unpaired) electrons. The maximum atomic E-state index is 11.4. The third-order valence-corrected chi connectivity index (χ3v) is 2.50. The zero-order valence-electron chi connectivity index (χ0n) is 11.3. The van der Waals surface area contributed by atoms with Gasteiger partial charge < -0.3 is 10.1 Å². The van der Waals surface area contributed by atoms with E-state index in [1.165, 1.54) is 5.56 Å². The molecule has 1 amide bonds. The summed E-state index contributed by atoms with van der Waals surface area (Å²) >= 11 is 0. The Balaban J connectivity index is 2.39. The van der Waals surface area contributed by atoms with E-state index in [1.54, 1.807) is 0 Å². The van der Waals surface area contributed by atoms with E-state index in [4.69, 9.17) is 4.74 Å². The Morgan fingerprint density at radius 2 is 1.94 bits per heavy atom. The first kappa shape index (κ1) is 14.3. The third-order valence-electron chi connectivity index (χ3n) is 2.50. The van der Waals surface area contributed by atoms with Crippen LogP contribution in [-0.4, -0.2) is 19.1 Å². The van der Waals surface area contributed by atoms with Crippen molar-refractivity contribution in [2.45, 2.75) is 26.7 Å². The van der Waals surface area contributed by atoms with Crippen molar-refractivity contribution in [3.05, 3.63) is 42.0 Å². The Morgan fingerprint density at radius 1 is 1.33 bits per heavy atom. The van der Waals surface area contributed by atoms with Crippen LogP contribution in [0.3, 0.4) is 0 Å². The van der Waals surface area contributed by atoms with Crippen molar-refractivity contribution in [2.24, 2.45) is 0 Å². The van der Waals surface area contributed by atoms with Crippen LogP contribution in [0.4, 0.5) is 0 Å². The van der Waals surface area contributed by atoms with Gasteiger partial charge in [-0.2, -0.15) is 0 Å². The molecule has 0 saturated carbocycles. The van der Waals surface area contributed by atoms with Crippen LogP contribution in [0.2, 0.25) is 0 Å². The summed E-state index contributed by atoms with van der Waals surface area (Å²) < 4.78 is 5.39. The van der Waals surface area contributed by atoms with Gasteiger partial charge in [0.05, 0.1) is 0 Å². The van der Waals surface area contributed by atoms with E-state index in [-0.39, 0.29) is 12.5 Å². The lowest BCUT2D eigenvalue weighted by Gasteiger charge is -2.09. The van der Waals surface area contributed by atoms with E-state index in [0.717, 1.165) is 5.57 Å². The lowest BCUT2D eigenvalue weighted by atomic mass is 10.0. The Morgan fingerprint density at radius 3 is 2.44 bits per heavy atom. The molecule has 1 N–H and O–H groups in total. The Hall–Kier alpha value is -1.77. The second kappa shape index (κ2) is 6.84. The van der Waals surface area contributed by atoms with Gasteiger partial charge >= 0.3 is 0 Å². The average Bonchev–Trinajstić information content (AvgIpc) is 2.34.